The lowest BCUT2D eigenvalue weighted by Crippen LogP contribution is -2.42. The summed E-state index contributed by atoms with van der Waals surface area (Å²) in [6.45, 7) is 2.43. The average Bonchev–Trinajstić information content (AvgIpc) is 3.66. The molecule has 0 aliphatic carbocycles. The van der Waals surface area contributed by atoms with E-state index >= 15 is 0 Å². The molecular weight excluding hydrogens is 573 g/mol. The summed E-state index contributed by atoms with van der Waals surface area (Å²) in [6.07, 6.45) is -1.90. The van der Waals surface area contributed by atoms with Crippen LogP contribution in [0.25, 0.3) is 16.9 Å². The van der Waals surface area contributed by atoms with Gasteiger partial charge in [0.15, 0.2) is 11.6 Å². The highest BCUT2D eigenvalue weighted by molar-refractivity contribution is 5.91. The third kappa shape index (κ3) is 7.03. The standard InChI is InChI=1S/C29H30F5N7O2/c1-18-26(20-13-35-40(14-20)17-29(32,33)34)38-41(21-6-4-3-5-7-21)27(18)37-28(42)36-25-16-39(10-11-43-2)15-22(25)19-8-9-23(30)24(31)12-19/h3-9,12-14,22,25H,10-11,15-17H2,1-2H3,(H2,36,37,42). The van der Waals surface area contributed by atoms with E-state index in [2.05, 4.69) is 25.7 Å². The van der Waals surface area contributed by atoms with Crippen molar-refractivity contribution in [2.24, 2.45) is 0 Å². The normalized spacial score (nSPS) is 17.4. The number of aromatic nitrogens is 4. The van der Waals surface area contributed by atoms with Crippen molar-refractivity contribution < 1.29 is 31.5 Å². The molecule has 2 unspecified atom stereocenters. The molecule has 0 saturated carbocycles. The highest BCUT2D eigenvalue weighted by Crippen LogP contribution is 2.32. The number of nitrogens with zero attached hydrogens (tertiary/aromatic N) is 5. The van der Waals surface area contributed by atoms with E-state index in [0.29, 0.717) is 60.1 Å². The van der Waals surface area contributed by atoms with Gasteiger partial charge < -0.3 is 10.1 Å². The van der Waals surface area contributed by atoms with Gasteiger partial charge in [0.25, 0.3) is 0 Å². The number of hydrogen-bond donors (Lipinski definition) is 2. The smallest absolute Gasteiger partial charge is 0.383 e. The van der Waals surface area contributed by atoms with Crippen LogP contribution in [-0.2, 0) is 11.3 Å². The lowest BCUT2D eigenvalue weighted by Gasteiger charge is -2.21. The number of para-hydroxylation sites is 1. The molecule has 4 aromatic rings. The number of carbonyl (C=O) groups excluding carboxylic acids is 1. The Kier molecular flexibility index (Phi) is 8.78. The van der Waals surface area contributed by atoms with Gasteiger partial charge in [-0.2, -0.15) is 23.4 Å². The fourth-order valence-electron chi connectivity index (χ4n) is 5.26. The molecule has 1 fully saturated rings. The summed E-state index contributed by atoms with van der Waals surface area (Å²) in [4.78, 5) is 15.5. The quantitative estimate of drug-likeness (QED) is 0.260. The van der Waals surface area contributed by atoms with E-state index in [4.69, 9.17) is 4.74 Å². The lowest BCUT2D eigenvalue weighted by molar-refractivity contribution is -0.142. The Labute approximate surface area is 244 Å². The SMILES string of the molecule is COCCN1CC(NC(=O)Nc2c(C)c(-c3cnn(CC(F)(F)F)c3)nn2-c2ccccc2)C(c2ccc(F)c(F)c2)C1. The molecule has 1 saturated heterocycles. The van der Waals surface area contributed by atoms with Crippen LogP contribution in [0.15, 0.2) is 60.9 Å². The average molecular weight is 604 g/mol. The molecule has 0 spiro atoms. The molecular formula is C29H30F5N7O2. The number of alkyl halides is 3. The van der Waals surface area contributed by atoms with Crippen LogP contribution in [0.1, 0.15) is 17.0 Å². The molecule has 2 aromatic carbocycles. The highest BCUT2D eigenvalue weighted by atomic mass is 19.4. The summed E-state index contributed by atoms with van der Waals surface area (Å²) in [7, 11) is 1.58. The van der Waals surface area contributed by atoms with Gasteiger partial charge in [0.2, 0.25) is 0 Å². The van der Waals surface area contributed by atoms with Gasteiger partial charge in [0.1, 0.15) is 18.1 Å². The first kappa shape index (κ1) is 30.2. The summed E-state index contributed by atoms with van der Waals surface area (Å²) >= 11 is 0. The molecule has 43 heavy (non-hydrogen) atoms. The Morgan fingerprint density at radius 1 is 1.09 bits per heavy atom. The Morgan fingerprint density at radius 3 is 2.56 bits per heavy atom. The van der Waals surface area contributed by atoms with Crippen LogP contribution in [-0.4, -0.2) is 76.1 Å². The second kappa shape index (κ2) is 12.5. The number of carbonyl (C=O) groups is 1. The summed E-state index contributed by atoms with van der Waals surface area (Å²) in [5.41, 5.74) is 2.37. The van der Waals surface area contributed by atoms with E-state index in [0.717, 1.165) is 16.8 Å². The van der Waals surface area contributed by atoms with E-state index in [1.54, 1.807) is 38.3 Å². The monoisotopic (exact) mass is 603 g/mol. The number of urea groups is 1. The van der Waals surface area contributed by atoms with Crippen LogP contribution in [0.5, 0.6) is 0 Å². The molecule has 1 aliphatic rings. The Hall–Kier alpha value is -4.30. The molecule has 14 heteroatoms. The van der Waals surface area contributed by atoms with Crippen LogP contribution in [0, 0.1) is 18.6 Å². The maximum Gasteiger partial charge on any atom is 0.408 e. The minimum Gasteiger partial charge on any atom is -0.383 e. The van der Waals surface area contributed by atoms with Crippen molar-refractivity contribution in [2.45, 2.75) is 31.6 Å². The molecule has 9 nitrogen and oxygen atoms in total. The Morgan fingerprint density at radius 2 is 1.86 bits per heavy atom. The fourth-order valence-corrected chi connectivity index (χ4v) is 5.26. The van der Waals surface area contributed by atoms with E-state index in [1.807, 2.05) is 6.07 Å². The van der Waals surface area contributed by atoms with Gasteiger partial charge in [0, 0.05) is 50.0 Å². The third-order valence-electron chi connectivity index (χ3n) is 7.30. The molecule has 2 N–H and O–H groups in total. The van der Waals surface area contributed by atoms with E-state index < -0.39 is 36.4 Å². The highest BCUT2D eigenvalue weighted by Gasteiger charge is 2.35. The fraction of sp³-hybridized carbons (Fsp3) is 0.345. The molecule has 0 radical (unpaired) electrons. The topological polar surface area (TPSA) is 89.2 Å². The molecule has 228 valence electrons. The van der Waals surface area contributed by atoms with Gasteiger partial charge in [-0.3, -0.25) is 14.9 Å². The maximum atomic E-state index is 14.1. The number of methoxy groups -OCH3 is 1. The first-order chi connectivity index (χ1) is 20.5. The largest absolute Gasteiger partial charge is 0.408 e. The number of halogens is 5. The number of nitrogens with one attached hydrogen (secondary N) is 2. The van der Waals surface area contributed by atoms with Gasteiger partial charge in [-0.1, -0.05) is 24.3 Å². The number of ether oxygens (including phenoxy) is 1. The van der Waals surface area contributed by atoms with E-state index in [9.17, 15) is 26.7 Å². The number of rotatable bonds is 9. The second-order valence-electron chi connectivity index (χ2n) is 10.3. The minimum atomic E-state index is -4.44. The van der Waals surface area contributed by atoms with Crippen molar-refractivity contribution in [1.29, 1.82) is 0 Å². The molecule has 1 aliphatic heterocycles. The Balaban J connectivity index is 1.42. The molecule has 3 heterocycles. The van der Waals surface area contributed by atoms with Crippen LogP contribution in [0.3, 0.4) is 0 Å². The number of likely N-dealkylation sites (tertiary alicyclic amines) is 1. The van der Waals surface area contributed by atoms with Crippen LogP contribution < -0.4 is 10.6 Å². The van der Waals surface area contributed by atoms with Crippen LogP contribution >= 0.6 is 0 Å². The second-order valence-corrected chi connectivity index (χ2v) is 10.3. The van der Waals surface area contributed by atoms with Crippen molar-refractivity contribution in [3.05, 3.63) is 83.7 Å². The Bertz CT molecular complexity index is 1570. The predicted molar refractivity (Wildman–Crippen MR) is 149 cm³/mol. The number of anilines is 1. The van der Waals surface area contributed by atoms with Crippen LogP contribution in [0.4, 0.5) is 32.6 Å². The van der Waals surface area contributed by atoms with Gasteiger partial charge in [0.05, 0.1) is 24.5 Å². The van der Waals surface area contributed by atoms with Crippen LogP contribution in [0.2, 0.25) is 0 Å². The summed E-state index contributed by atoms with van der Waals surface area (Å²) < 4.78 is 74.0. The zero-order valence-corrected chi connectivity index (χ0v) is 23.4. The van der Waals surface area contributed by atoms with Gasteiger partial charge in [-0.15, -0.1) is 0 Å². The van der Waals surface area contributed by atoms with Crippen molar-refractivity contribution in [3.63, 3.8) is 0 Å². The first-order valence-electron chi connectivity index (χ1n) is 13.5. The zero-order valence-electron chi connectivity index (χ0n) is 23.4. The van der Waals surface area contributed by atoms with E-state index in [-0.39, 0.29) is 5.92 Å². The molecule has 0 bridgehead atoms. The summed E-state index contributed by atoms with van der Waals surface area (Å²) in [5, 5.41) is 14.3. The van der Waals surface area contributed by atoms with Crippen molar-refractivity contribution in [1.82, 2.24) is 29.8 Å². The van der Waals surface area contributed by atoms with Crippen molar-refractivity contribution in [3.8, 4) is 16.9 Å². The molecule has 2 amide bonds. The maximum absolute atomic E-state index is 14.1. The third-order valence-corrected chi connectivity index (χ3v) is 7.30. The number of benzene rings is 2. The summed E-state index contributed by atoms with van der Waals surface area (Å²) in [5.74, 6) is -1.94. The molecule has 2 aromatic heterocycles. The predicted octanol–water partition coefficient (Wildman–Crippen LogP) is 5.12. The minimum absolute atomic E-state index is 0.306. The molecule has 5 rings (SSSR count). The molecule has 2 atom stereocenters. The zero-order chi connectivity index (χ0) is 30.7. The van der Waals surface area contributed by atoms with Gasteiger partial charge >= 0.3 is 12.2 Å². The lowest BCUT2D eigenvalue weighted by atomic mass is 9.94. The van der Waals surface area contributed by atoms with Gasteiger partial charge in [-0.25, -0.2) is 18.3 Å². The number of amides is 2. The first-order valence-corrected chi connectivity index (χ1v) is 13.5. The summed E-state index contributed by atoms with van der Waals surface area (Å²) in [6, 6.07) is 11.7. The van der Waals surface area contributed by atoms with Gasteiger partial charge in [-0.05, 0) is 36.8 Å². The number of hydrogen-bond acceptors (Lipinski definition) is 5. The van der Waals surface area contributed by atoms with Crippen molar-refractivity contribution in [2.75, 3.05) is 38.7 Å². The van der Waals surface area contributed by atoms with Crippen molar-refractivity contribution >= 4 is 11.8 Å². The van der Waals surface area contributed by atoms with E-state index in [1.165, 1.54) is 23.1 Å².